The van der Waals surface area contributed by atoms with Crippen LogP contribution in [0.1, 0.15) is 90.9 Å². The zero-order valence-electron chi connectivity index (χ0n) is 22.7. The summed E-state index contributed by atoms with van der Waals surface area (Å²) in [5, 5.41) is 0.855. The highest BCUT2D eigenvalue weighted by Gasteiger charge is 2.46. The zero-order chi connectivity index (χ0) is 30.2. The Morgan fingerprint density at radius 1 is 0.821 bits per heavy atom. The zero-order valence-corrected chi connectivity index (χ0v) is 25.1. The molecule has 0 aliphatic rings. The molecule has 0 aliphatic carbocycles. The number of alkyl halides is 6. The van der Waals surface area contributed by atoms with Gasteiger partial charge in [-0.05, 0) is 31.4 Å². The molecule has 0 N–H and O–H groups in total. The minimum atomic E-state index is -6.72. The Morgan fingerprint density at radius 2 is 1.31 bits per heavy atom. The van der Waals surface area contributed by atoms with Crippen LogP contribution in [0.3, 0.4) is 0 Å². The summed E-state index contributed by atoms with van der Waals surface area (Å²) < 4.78 is 114. The molecule has 39 heavy (non-hydrogen) atoms. The van der Waals surface area contributed by atoms with Crippen molar-refractivity contribution in [3.05, 3.63) is 22.8 Å². The van der Waals surface area contributed by atoms with E-state index >= 15 is 0 Å². The molecule has 1 rings (SSSR count). The smallest absolute Gasteiger partial charge is 0.421 e. The second-order valence-electron chi connectivity index (χ2n) is 9.24. The maximum absolute atomic E-state index is 11.4. The normalized spacial score (nSPS) is 13.7. The third kappa shape index (κ3) is 17.4. The van der Waals surface area contributed by atoms with Gasteiger partial charge >= 0.3 is 11.0 Å². The van der Waals surface area contributed by atoms with Crippen LogP contribution in [0.25, 0.3) is 4.13 Å². The van der Waals surface area contributed by atoms with Crippen LogP contribution in [-0.4, -0.2) is 43.4 Å². The summed E-state index contributed by atoms with van der Waals surface area (Å²) in [6.45, 7) is 5.88. The van der Waals surface area contributed by atoms with Crippen LogP contribution in [0.15, 0.2) is 18.7 Å². The van der Waals surface area contributed by atoms with E-state index in [1.165, 1.54) is 89.3 Å². The van der Waals surface area contributed by atoms with Crippen molar-refractivity contribution in [2.24, 2.45) is 7.05 Å². The molecular formula is C23H41F6N3O4S3. The number of unbranched alkanes of at least 4 members (excludes halogenated alkanes) is 9. The van der Waals surface area contributed by atoms with Gasteiger partial charge in [-0.25, -0.2) is 26.0 Å². The van der Waals surface area contributed by atoms with Crippen molar-refractivity contribution < 1.29 is 47.7 Å². The Hall–Kier alpha value is -1.00. The number of aromatic nitrogens is 2. The van der Waals surface area contributed by atoms with Gasteiger partial charge < -0.3 is 4.13 Å². The van der Waals surface area contributed by atoms with Crippen LogP contribution in [0.4, 0.5) is 26.3 Å². The Kier molecular flexibility index (Phi) is 18.0. The van der Waals surface area contributed by atoms with Crippen molar-refractivity contribution in [3.8, 4) is 0 Å². The molecule has 0 aliphatic heterocycles. The van der Waals surface area contributed by atoms with Gasteiger partial charge in [0.2, 0.25) is 6.33 Å². The number of thioether (sulfide) groups is 1. The predicted octanol–water partition coefficient (Wildman–Crippen LogP) is 7.19. The minimum absolute atomic E-state index is 0.778. The van der Waals surface area contributed by atoms with E-state index in [1.54, 1.807) is 0 Å². The van der Waals surface area contributed by atoms with Gasteiger partial charge in [-0.3, -0.25) is 0 Å². The van der Waals surface area contributed by atoms with Crippen molar-refractivity contribution in [3.63, 3.8) is 0 Å². The van der Waals surface area contributed by atoms with Gasteiger partial charge in [0.05, 0.1) is 13.6 Å². The molecule has 0 aromatic carbocycles. The van der Waals surface area contributed by atoms with E-state index in [-0.39, 0.29) is 0 Å². The lowest BCUT2D eigenvalue weighted by Gasteiger charge is -2.22. The predicted molar refractivity (Wildman–Crippen MR) is 142 cm³/mol. The van der Waals surface area contributed by atoms with E-state index in [4.69, 9.17) is 0 Å². The fraction of sp³-hybridized carbons (Fsp3) is 0.870. The third-order valence-electron chi connectivity index (χ3n) is 5.53. The van der Waals surface area contributed by atoms with Crippen LogP contribution < -0.4 is 4.57 Å². The van der Waals surface area contributed by atoms with Crippen molar-refractivity contribution in [1.29, 1.82) is 0 Å². The first-order valence-electron chi connectivity index (χ1n) is 12.9. The van der Waals surface area contributed by atoms with Gasteiger partial charge in [0.1, 0.15) is 12.4 Å². The topological polar surface area (TPSA) is 91.2 Å². The summed E-state index contributed by atoms with van der Waals surface area (Å²) in [5.74, 6) is 1.34. The molecule has 0 radical (unpaired) electrons. The first-order chi connectivity index (χ1) is 17.9. The van der Waals surface area contributed by atoms with Crippen molar-refractivity contribution in [2.75, 3.05) is 5.75 Å². The Morgan fingerprint density at radius 3 is 1.77 bits per heavy atom. The van der Waals surface area contributed by atoms with Crippen molar-refractivity contribution in [1.82, 2.24) is 4.57 Å². The molecule has 7 nitrogen and oxygen atoms in total. The van der Waals surface area contributed by atoms with Crippen LogP contribution in [0.2, 0.25) is 0 Å². The van der Waals surface area contributed by atoms with E-state index in [1.807, 2.05) is 0 Å². The van der Waals surface area contributed by atoms with Crippen LogP contribution in [-0.2, 0) is 33.6 Å². The molecule has 1 aromatic rings. The highest BCUT2D eigenvalue weighted by atomic mass is 32.3. The fourth-order valence-corrected chi connectivity index (χ4v) is 6.17. The Labute approximate surface area is 233 Å². The summed E-state index contributed by atoms with van der Waals surface area (Å²) in [6.07, 6.45) is 23.4. The molecule has 0 fully saturated rings. The molecule has 0 spiro atoms. The number of nitrogens with zero attached hydrogens (tertiary/aromatic N) is 3. The molecule has 0 bridgehead atoms. The van der Waals surface area contributed by atoms with Gasteiger partial charge in [-0.1, -0.05) is 65.2 Å². The van der Waals surface area contributed by atoms with E-state index in [2.05, 4.69) is 60.5 Å². The number of rotatable bonds is 18. The monoisotopic (exact) mass is 633 g/mol. The summed E-state index contributed by atoms with van der Waals surface area (Å²) in [7, 11) is -11.4. The molecule has 1 unspecified atom stereocenters. The Bertz CT molecular complexity index is 955. The van der Waals surface area contributed by atoms with Gasteiger partial charge in [-0.2, -0.15) is 38.1 Å². The lowest BCUT2D eigenvalue weighted by Crippen LogP contribution is -2.30. The van der Waals surface area contributed by atoms with Gasteiger partial charge in [0, 0.05) is 5.25 Å². The highest BCUT2D eigenvalue weighted by Crippen LogP contribution is 2.36. The molecule has 1 aromatic heterocycles. The number of imidazole rings is 1. The van der Waals surface area contributed by atoms with Gasteiger partial charge in [0.25, 0.3) is 0 Å². The standard InChI is InChI=1S/C21H41N2S.C2F6NO4S2/c1-4-5-6-7-8-9-10-12-15-21(2)24-19-14-11-13-16-23-18-17-22(3)20-23;3-1(4,5)14(10,11)9-15(12,13)2(6,7)8/h17-18,20-21H,4-16,19H2,1-3H3;/q+1;-1. The van der Waals surface area contributed by atoms with Crippen LogP contribution >= 0.6 is 11.8 Å². The first-order valence-corrected chi connectivity index (χ1v) is 16.8. The van der Waals surface area contributed by atoms with Crippen LogP contribution in [0, 0.1) is 0 Å². The largest absolute Gasteiger partial charge is 0.480 e. The average molecular weight is 634 g/mol. The van der Waals surface area contributed by atoms with E-state index in [9.17, 15) is 43.2 Å². The molecule has 1 heterocycles. The molecule has 16 heteroatoms. The minimum Gasteiger partial charge on any atom is -0.421 e. The average Bonchev–Trinajstić information content (AvgIpc) is 3.21. The molecule has 0 amide bonds. The van der Waals surface area contributed by atoms with Crippen molar-refractivity contribution >= 4 is 31.8 Å². The fourth-order valence-electron chi connectivity index (χ4n) is 3.35. The lowest BCUT2D eigenvalue weighted by atomic mass is 10.1. The maximum Gasteiger partial charge on any atom is 0.480 e. The second kappa shape index (κ2) is 18.4. The number of hydrogen-bond donors (Lipinski definition) is 0. The SMILES string of the molecule is CCCCCCCCCCC(C)SCCCCCn1cc[n+](C)c1.O=S(=O)([N-]S(=O)(=O)C(F)(F)F)C(F)(F)F. The molecule has 1 atom stereocenters. The molecule has 0 saturated carbocycles. The van der Waals surface area contributed by atoms with Crippen molar-refractivity contribution in [2.45, 2.75) is 114 Å². The maximum atomic E-state index is 11.4. The molecule has 232 valence electrons. The second-order valence-corrected chi connectivity index (χ2v) is 14.2. The first kappa shape index (κ1) is 38.0. The van der Waals surface area contributed by atoms with E-state index in [0.29, 0.717) is 0 Å². The van der Waals surface area contributed by atoms with E-state index < -0.39 is 31.1 Å². The number of halogens is 6. The summed E-state index contributed by atoms with van der Waals surface area (Å²) in [4.78, 5) is 0. The number of hydrogen-bond acceptors (Lipinski definition) is 5. The third-order valence-corrected chi connectivity index (χ3v) is 9.60. The quantitative estimate of drug-likeness (QED) is 0.0969. The highest BCUT2D eigenvalue weighted by molar-refractivity contribution is 8.13. The van der Waals surface area contributed by atoms with E-state index in [0.717, 1.165) is 9.38 Å². The Balaban J connectivity index is 0.000000830. The lowest BCUT2D eigenvalue weighted by molar-refractivity contribution is -0.671. The number of sulfonamides is 2. The summed E-state index contributed by atoms with van der Waals surface area (Å²) in [5.41, 5.74) is -12.4. The van der Waals surface area contributed by atoms with Crippen LogP contribution in [0.5, 0.6) is 0 Å². The summed E-state index contributed by atoms with van der Waals surface area (Å²) in [6, 6.07) is 0. The molecule has 0 saturated heterocycles. The van der Waals surface area contributed by atoms with Gasteiger partial charge in [-0.15, -0.1) is 0 Å². The summed E-state index contributed by atoms with van der Waals surface area (Å²) >= 11 is 2.19. The molecular weight excluding hydrogens is 592 g/mol. The number of aryl methyl sites for hydroxylation is 2. The van der Waals surface area contributed by atoms with Gasteiger partial charge in [0.15, 0.2) is 20.0 Å².